The predicted molar refractivity (Wildman–Crippen MR) is 88.1 cm³/mol. The lowest BCUT2D eigenvalue weighted by Crippen LogP contribution is -2.20. The van der Waals surface area contributed by atoms with Crippen molar-refractivity contribution in [2.45, 2.75) is 13.5 Å². The van der Waals surface area contributed by atoms with Gasteiger partial charge in [-0.15, -0.1) is 11.3 Å². The van der Waals surface area contributed by atoms with Gasteiger partial charge < -0.3 is 10.1 Å². The maximum atomic E-state index is 5.72. The fourth-order valence-electron chi connectivity index (χ4n) is 1.61. The molecule has 5 heteroatoms. The molecule has 0 aliphatic heterocycles. The Morgan fingerprint density at radius 1 is 1.26 bits per heavy atom. The third-order valence-electron chi connectivity index (χ3n) is 2.54. The molecule has 2 aromatic rings. The SMILES string of the molecule is Cc1ccc(OCCNCc2cc(Br)cs2)c(Br)c1. The average molecular weight is 405 g/mol. The highest BCUT2D eigenvalue weighted by Crippen LogP contribution is 2.25. The summed E-state index contributed by atoms with van der Waals surface area (Å²) in [5.74, 6) is 0.895. The van der Waals surface area contributed by atoms with Crippen molar-refractivity contribution in [3.05, 3.63) is 49.0 Å². The number of ether oxygens (including phenoxy) is 1. The van der Waals surface area contributed by atoms with E-state index in [1.54, 1.807) is 11.3 Å². The Morgan fingerprint density at radius 3 is 2.79 bits per heavy atom. The van der Waals surface area contributed by atoms with Crippen molar-refractivity contribution >= 4 is 43.2 Å². The zero-order valence-corrected chi connectivity index (χ0v) is 14.6. The van der Waals surface area contributed by atoms with Crippen LogP contribution >= 0.6 is 43.2 Å². The highest BCUT2D eigenvalue weighted by molar-refractivity contribution is 9.10. The van der Waals surface area contributed by atoms with Gasteiger partial charge in [-0.1, -0.05) is 6.07 Å². The zero-order valence-electron chi connectivity index (χ0n) is 10.6. The standard InChI is InChI=1S/C14H15Br2NOS/c1-10-2-3-14(13(16)6-10)18-5-4-17-8-12-7-11(15)9-19-12/h2-3,6-7,9,17H,4-5,8H2,1H3. The monoisotopic (exact) mass is 403 g/mol. The van der Waals surface area contributed by atoms with E-state index in [1.807, 2.05) is 6.07 Å². The van der Waals surface area contributed by atoms with Gasteiger partial charge in [0.15, 0.2) is 0 Å². The first-order valence-electron chi connectivity index (χ1n) is 5.98. The second kappa shape index (κ2) is 7.43. The zero-order chi connectivity index (χ0) is 13.7. The summed E-state index contributed by atoms with van der Waals surface area (Å²) in [5.41, 5.74) is 1.22. The van der Waals surface area contributed by atoms with E-state index >= 15 is 0 Å². The van der Waals surface area contributed by atoms with Gasteiger partial charge in [-0.3, -0.25) is 0 Å². The number of hydrogen-bond acceptors (Lipinski definition) is 3. The van der Waals surface area contributed by atoms with Gasteiger partial charge in [0.05, 0.1) is 4.47 Å². The van der Waals surface area contributed by atoms with Crippen LogP contribution in [0.1, 0.15) is 10.4 Å². The minimum atomic E-state index is 0.661. The molecule has 1 heterocycles. The maximum absolute atomic E-state index is 5.72. The molecule has 102 valence electrons. The molecule has 0 amide bonds. The number of nitrogens with one attached hydrogen (secondary N) is 1. The van der Waals surface area contributed by atoms with Gasteiger partial charge in [-0.2, -0.15) is 0 Å². The van der Waals surface area contributed by atoms with Crippen molar-refractivity contribution in [2.75, 3.05) is 13.2 Å². The van der Waals surface area contributed by atoms with E-state index in [1.165, 1.54) is 10.4 Å². The molecule has 0 aliphatic carbocycles. The van der Waals surface area contributed by atoms with E-state index in [0.717, 1.165) is 27.8 Å². The molecule has 0 spiro atoms. The van der Waals surface area contributed by atoms with Gasteiger partial charge in [0.25, 0.3) is 0 Å². The summed E-state index contributed by atoms with van der Waals surface area (Å²) in [4.78, 5) is 1.32. The number of hydrogen-bond donors (Lipinski definition) is 1. The second-order valence-corrected chi connectivity index (χ2v) is 6.96. The van der Waals surface area contributed by atoms with E-state index < -0.39 is 0 Å². The van der Waals surface area contributed by atoms with Crippen LogP contribution in [0.2, 0.25) is 0 Å². The molecular formula is C14H15Br2NOS. The first kappa shape index (κ1) is 15.0. The molecule has 0 saturated carbocycles. The minimum Gasteiger partial charge on any atom is -0.491 e. The molecule has 0 fully saturated rings. The van der Waals surface area contributed by atoms with Crippen LogP contribution in [-0.2, 0) is 6.54 Å². The molecule has 0 radical (unpaired) electrons. The van der Waals surface area contributed by atoms with Crippen molar-refractivity contribution in [3.8, 4) is 5.75 Å². The highest BCUT2D eigenvalue weighted by atomic mass is 79.9. The second-order valence-electron chi connectivity index (χ2n) is 4.19. The summed E-state index contributed by atoms with van der Waals surface area (Å²) in [7, 11) is 0. The fraction of sp³-hybridized carbons (Fsp3) is 0.286. The summed E-state index contributed by atoms with van der Waals surface area (Å²) in [6.07, 6.45) is 0. The van der Waals surface area contributed by atoms with Crippen LogP contribution in [0.5, 0.6) is 5.75 Å². The van der Waals surface area contributed by atoms with Gasteiger partial charge in [0.2, 0.25) is 0 Å². The van der Waals surface area contributed by atoms with E-state index in [0.29, 0.717) is 6.61 Å². The number of rotatable bonds is 6. The van der Waals surface area contributed by atoms with Gasteiger partial charge in [0, 0.05) is 27.8 Å². The molecule has 1 N–H and O–H groups in total. The Balaban J connectivity index is 1.69. The molecular weight excluding hydrogens is 390 g/mol. The number of benzene rings is 1. The van der Waals surface area contributed by atoms with E-state index in [9.17, 15) is 0 Å². The molecule has 0 saturated heterocycles. The Hall–Kier alpha value is -0.360. The van der Waals surface area contributed by atoms with Crippen molar-refractivity contribution in [2.24, 2.45) is 0 Å². The first-order valence-corrected chi connectivity index (χ1v) is 8.44. The summed E-state index contributed by atoms with van der Waals surface area (Å²) < 4.78 is 7.88. The lowest BCUT2D eigenvalue weighted by Gasteiger charge is -2.09. The van der Waals surface area contributed by atoms with E-state index in [2.05, 4.69) is 67.7 Å². The highest BCUT2D eigenvalue weighted by Gasteiger charge is 2.01. The molecule has 0 unspecified atom stereocenters. The Morgan fingerprint density at radius 2 is 2.11 bits per heavy atom. The normalized spacial score (nSPS) is 10.7. The Kier molecular flexibility index (Phi) is 5.88. The van der Waals surface area contributed by atoms with Crippen molar-refractivity contribution in [3.63, 3.8) is 0 Å². The van der Waals surface area contributed by atoms with Crippen LogP contribution in [0.4, 0.5) is 0 Å². The molecule has 0 atom stereocenters. The lowest BCUT2D eigenvalue weighted by molar-refractivity contribution is 0.312. The van der Waals surface area contributed by atoms with E-state index in [-0.39, 0.29) is 0 Å². The van der Waals surface area contributed by atoms with Crippen LogP contribution < -0.4 is 10.1 Å². The quantitative estimate of drug-likeness (QED) is 0.701. The van der Waals surface area contributed by atoms with Crippen molar-refractivity contribution < 1.29 is 4.74 Å². The summed E-state index contributed by atoms with van der Waals surface area (Å²) >= 11 is 8.71. The first-order chi connectivity index (χ1) is 9.15. The number of halogens is 2. The Labute approximate surface area is 134 Å². The average Bonchev–Trinajstić information content (AvgIpc) is 2.77. The van der Waals surface area contributed by atoms with Crippen LogP contribution in [0.3, 0.4) is 0 Å². The summed E-state index contributed by atoms with van der Waals surface area (Å²) in [6.45, 7) is 4.44. The molecule has 0 bridgehead atoms. The van der Waals surface area contributed by atoms with Crippen LogP contribution in [0, 0.1) is 6.92 Å². The summed E-state index contributed by atoms with van der Waals surface area (Å²) in [6, 6.07) is 8.24. The van der Waals surface area contributed by atoms with Crippen molar-refractivity contribution in [1.29, 1.82) is 0 Å². The van der Waals surface area contributed by atoms with Crippen molar-refractivity contribution in [1.82, 2.24) is 5.32 Å². The minimum absolute atomic E-state index is 0.661. The molecule has 19 heavy (non-hydrogen) atoms. The topological polar surface area (TPSA) is 21.3 Å². The predicted octanol–water partition coefficient (Wildman–Crippen LogP) is 4.75. The van der Waals surface area contributed by atoms with Gasteiger partial charge in [-0.25, -0.2) is 0 Å². The molecule has 1 aromatic heterocycles. The number of thiophene rings is 1. The number of aryl methyl sites for hydroxylation is 1. The molecule has 2 nitrogen and oxygen atoms in total. The lowest BCUT2D eigenvalue weighted by atomic mass is 10.2. The third-order valence-corrected chi connectivity index (χ3v) is 4.86. The Bertz CT molecular complexity index is 542. The summed E-state index contributed by atoms with van der Waals surface area (Å²) in [5, 5.41) is 5.46. The molecule has 0 aliphatic rings. The smallest absolute Gasteiger partial charge is 0.133 e. The fourth-order valence-corrected chi connectivity index (χ4v) is 3.64. The van der Waals surface area contributed by atoms with Crippen LogP contribution in [0.25, 0.3) is 0 Å². The van der Waals surface area contributed by atoms with Gasteiger partial charge in [0.1, 0.15) is 12.4 Å². The van der Waals surface area contributed by atoms with Crippen LogP contribution in [0.15, 0.2) is 38.6 Å². The van der Waals surface area contributed by atoms with Gasteiger partial charge >= 0.3 is 0 Å². The maximum Gasteiger partial charge on any atom is 0.133 e. The molecule has 2 rings (SSSR count). The van der Waals surface area contributed by atoms with Crippen LogP contribution in [-0.4, -0.2) is 13.2 Å². The molecule has 1 aromatic carbocycles. The largest absolute Gasteiger partial charge is 0.491 e. The van der Waals surface area contributed by atoms with Gasteiger partial charge in [-0.05, 0) is 62.5 Å². The third kappa shape index (κ3) is 4.91. The van der Waals surface area contributed by atoms with E-state index in [4.69, 9.17) is 4.74 Å².